The van der Waals surface area contributed by atoms with Crippen molar-refractivity contribution in [3.8, 4) is 0 Å². The number of sulfonamides is 1. The van der Waals surface area contributed by atoms with Crippen molar-refractivity contribution in [1.29, 1.82) is 0 Å². The lowest BCUT2D eigenvalue weighted by Gasteiger charge is -2.04. The van der Waals surface area contributed by atoms with E-state index in [0.29, 0.717) is 17.1 Å². The van der Waals surface area contributed by atoms with Crippen molar-refractivity contribution in [2.75, 3.05) is 4.72 Å². The molecule has 0 fully saturated rings. The van der Waals surface area contributed by atoms with Crippen LogP contribution < -0.4 is 4.72 Å². The number of nitrogens with zero attached hydrogens (tertiary/aromatic N) is 4. The van der Waals surface area contributed by atoms with Gasteiger partial charge in [-0.05, 0) is 13.8 Å². The molecule has 0 aliphatic heterocycles. The first kappa shape index (κ1) is 12.6. The third kappa shape index (κ3) is 2.23. The largest absolute Gasteiger partial charge is 0.276 e. The van der Waals surface area contributed by atoms with Crippen LogP contribution in [0.25, 0.3) is 0 Å². The van der Waals surface area contributed by atoms with Gasteiger partial charge in [-0.3, -0.25) is 14.1 Å². The Balaban J connectivity index is 2.39. The smallest absolute Gasteiger partial charge is 0.265 e. The van der Waals surface area contributed by atoms with Crippen LogP contribution >= 0.6 is 0 Å². The number of hydrogen-bond acceptors (Lipinski definition) is 4. The molecule has 0 aromatic carbocycles. The number of rotatable bonds is 3. The minimum Gasteiger partial charge on any atom is -0.276 e. The van der Waals surface area contributed by atoms with E-state index in [9.17, 15) is 8.42 Å². The Morgan fingerprint density at radius 2 is 1.61 bits per heavy atom. The van der Waals surface area contributed by atoms with Gasteiger partial charge in [0.2, 0.25) is 0 Å². The van der Waals surface area contributed by atoms with Gasteiger partial charge in [-0.15, -0.1) is 0 Å². The fraction of sp³-hybridized carbons (Fsp3) is 0.400. The Labute approximate surface area is 105 Å². The average molecular weight is 269 g/mol. The van der Waals surface area contributed by atoms with Gasteiger partial charge in [-0.1, -0.05) is 0 Å². The predicted octanol–water partition coefficient (Wildman–Crippen LogP) is 0.571. The third-order valence-electron chi connectivity index (χ3n) is 2.52. The Morgan fingerprint density at radius 3 is 2.06 bits per heavy atom. The van der Waals surface area contributed by atoms with Crippen LogP contribution in [-0.4, -0.2) is 28.0 Å². The van der Waals surface area contributed by atoms with E-state index in [1.54, 1.807) is 38.8 Å². The van der Waals surface area contributed by atoms with Crippen molar-refractivity contribution >= 4 is 15.7 Å². The molecule has 0 saturated heterocycles. The quantitative estimate of drug-likeness (QED) is 0.883. The van der Waals surface area contributed by atoms with Gasteiger partial charge in [0.05, 0.1) is 17.1 Å². The van der Waals surface area contributed by atoms with Crippen molar-refractivity contribution in [3.05, 3.63) is 23.8 Å². The summed E-state index contributed by atoms with van der Waals surface area (Å²) in [4.78, 5) is 0.174. The molecule has 0 aliphatic carbocycles. The Hall–Kier alpha value is -1.83. The standard InChI is InChI=1S/C10H15N5O2S/c1-7-9(5-14(3)11-7)13-18(16,17)10-6-15(4)12-8(10)2/h5-6,13H,1-4H3. The number of aryl methyl sites for hydroxylation is 4. The molecular weight excluding hydrogens is 254 g/mol. The predicted molar refractivity (Wildman–Crippen MR) is 66.7 cm³/mol. The van der Waals surface area contributed by atoms with Gasteiger partial charge in [-0.2, -0.15) is 10.2 Å². The summed E-state index contributed by atoms with van der Waals surface area (Å²) in [6.45, 7) is 3.40. The molecule has 0 amide bonds. The monoisotopic (exact) mass is 269 g/mol. The van der Waals surface area contributed by atoms with Gasteiger partial charge in [-0.25, -0.2) is 8.42 Å². The molecule has 0 aliphatic rings. The Bertz CT molecular complexity index is 683. The first-order valence-electron chi connectivity index (χ1n) is 5.33. The van der Waals surface area contributed by atoms with Crippen LogP contribution in [0.4, 0.5) is 5.69 Å². The summed E-state index contributed by atoms with van der Waals surface area (Å²) in [7, 11) is -0.201. The van der Waals surface area contributed by atoms with E-state index >= 15 is 0 Å². The lowest BCUT2D eigenvalue weighted by molar-refractivity contribution is 0.600. The topological polar surface area (TPSA) is 81.8 Å². The van der Waals surface area contributed by atoms with E-state index in [0.717, 1.165) is 0 Å². The number of aromatic nitrogens is 4. The summed E-state index contributed by atoms with van der Waals surface area (Å²) in [6.07, 6.45) is 3.10. The van der Waals surface area contributed by atoms with E-state index < -0.39 is 10.0 Å². The third-order valence-corrected chi connectivity index (χ3v) is 3.98. The van der Waals surface area contributed by atoms with Crippen molar-refractivity contribution in [2.24, 2.45) is 14.1 Å². The molecule has 8 heteroatoms. The maximum Gasteiger partial charge on any atom is 0.265 e. The summed E-state index contributed by atoms with van der Waals surface area (Å²) in [5, 5.41) is 8.11. The maximum absolute atomic E-state index is 12.2. The molecule has 2 heterocycles. The van der Waals surface area contributed by atoms with E-state index in [1.807, 2.05) is 0 Å². The average Bonchev–Trinajstić information content (AvgIpc) is 2.70. The molecular formula is C10H15N5O2S. The molecule has 0 spiro atoms. The second-order valence-electron chi connectivity index (χ2n) is 4.16. The van der Waals surface area contributed by atoms with Gasteiger partial charge < -0.3 is 0 Å². The van der Waals surface area contributed by atoms with Crippen molar-refractivity contribution < 1.29 is 8.42 Å². The Morgan fingerprint density at radius 1 is 1.06 bits per heavy atom. The summed E-state index contributed by atoms with van der Waals surface area (Å²) in [5.41, 5.74) is 1.56. The summed E-state index contributed by atoms with van der Waals surface area (Å²) in [6, 6.07) is 0. The van der Waals surface area contributed by atoms with Gasteiger partial charge >= 0.3 is 0 Å². The molecule has 0 bridgehead atoms. The van der Waals surface area contributed by atoms with Crippen molar-refractivity contribution in [2.45, 2.75) is 18.7 Å². The molecule has 7 nitrogen and oxygen atoms in total. The van der Waals surface area contributed by atoms with E-state index in [4.69, 9.17) is 0 Å². The van der Waals surface area contributed by atoms with Gasteiger partial charge in [0.1, 0.15) is 4.90 Å². The zero-order chi connectivity index (χ0) is 13.5. The van der Waals surface area contributed by atoms with Crippen LogP contribution in [0.15, 0.2) is 17.3 Å². The Kier molecular flexibility index (Phi) is 2.89. The number of hydrogen-bond donors (Lipinski definition) is 1. The second kappa shape index (κ2) is 4.13. The highest BCUT2D eigenvalue weighted by molar-refractivity contribution is 7.92. The van der Waals surface area contributed by atoms with Crippen LogP contribution in [-0.2, 0) is 24.1 Å². The number of anilines is 1. The van der Waals surface area contributed by atoms with Crippen molar-refractivity contribution in [3.63, 3.8) is 0 Å². The molecule has 98 valence electrons. The van der Waals surface area contributed by atoms with E-state index in [-0.39, 0.29) is 4.90 Å². The van der Waals surface area contributed by atoms with E-state index in [1.165, 1.54) is 10.9 Å². The fourth-order valence-electron chi connectivity index (χ4n) is 1.74. The highest BCUT2D eigenvalue weighted by Crippen LogP contribution is 2.19. The first-order valence-corrected chi connectivity index (χ1v) is 6.81. The molecule has 0 atom stereocenters. The minimum atomic E-state index is -3.62. The normalized spacial score (nSPS) is 11.8. The van der Waals surface area contributed by atoms with Crippen molar-refractivity contribution in [1.82, 2.24) is 19.6 Å². The second-order valence-corrected chi connectivity index (χ2v) is 5.81. The molecule has 2 aromatic rings. The van der Waals surface area contributed by atoms with Crippen LogP contribution in [0.2, 0.25) is 0 Å². The molecule has 18 heavy (non-hydrogen) atoms. The SMILES string of the molecule is Cc1nn(C)cc1NS(=O)(=O)c1cn(C)nc1C. The maximum atomic E-state index is 12.2. The van der Waals surface area contributed by atoms with E-state index in [2.05, 4.69) is 14.9 Å². The van der Waals surface area contributed by atoms with Crippen LogP contribution in [0, 0.1) is 13.8 Å². The lowest BCUT2D eigenvalue weighted by Crippen LogP contribution is -2.13. The fourth-order valence-corrected chi connectivity index (χ4v) is 3.06. The molecule has 0 saturated carbocycles. The molecule has 2 rings (SSSR count). The number of nitrogens with one attached hydrogen (secondary N) is 1. The molecule has 2 aromatic heterocycles. The minimum absolute atomic E-state index is 0.174. The molecule has 1 N–H and O–H groups in total. The summed E-state index contributed by atoms with van der Waals surface area (Å²) < 4.78 is 29.9. The summed E-state index contributed by atoms with van der Waals surface area (Å²) in [5.74, 6) is 0. The lowest BCUT2D eigenvalue weighted by atomic mass is 10.4. The van der Waals surface area contributed by atoms with Gasteiger partial charge in [0, 0.05) is 26.5 Å². The zero-order valence-corrected chi connectivity index (χ0v) is 11.5. The highest BCUT2D eigenvalue weighted by Gasteiger charge is 2.21. The highest BCUT2D eigenvalue weighted by atomic mass is 32.2. The van der Waals surface area contributed by atoms with Gasteiger partial charge in [0.25, 0.3) is 10.0 Å². The summed E-state index contributed by atoms with van der Waals surface area (Å²) >= 11 is 0. The van der Waals surface area contributed by atoms with Crippen LogP contribution in [0.3, 0.4) is 0 Å². The zero-order valence-electron chi connectivity index (χ0n) is 10.7. The molecule has 0 radical (unpaired) electrons. The van der Waals surface area contributed by atoms with Crippen LogP contribution in [0.1, 0.15) is 11.4 Å². The van der Waals surface area contributed by atoms with Gasteiger partial charge in [0.15, 0.2) is 0 Å². The molecule has 0 unspecified atom stereocenters. The van der Waals surface area contributed by atoms with Crippen LogP contribution in [0.5, 0.6) is 0 Å². The first-order chi connectivity index (χ1) is 8.29.